The summed E-state index contributed by atoms with van der Waals surface area (Å²) in [5, 5.41) is 9.08. The highest BCUT2D eigenvalue weighted by atomic mass is 16.4. The minimum absolute atomic E-state index is 0.668. The first-order valence-electron chi connectivity index (χ1n) is 9.95. The molecule has 1 aromatic heterocycles. The van der Waals surface area contributed by atoms with Crippen LogP contribution >= 0.6 is 0 Å². The van der Waals surface area contributed by atoms with Crippen molar-refractivity contribution in [2.45, 2.75) is 39.2 Å². The molecule has 2 heterocycles. The Labute approximate surface area is 166 Å². The summed E-state index contributed by atoms with van der Waals surface area (Å²) < 4.78 is 5.95. The van der Waals surface area contributed by atoms with Crippen molar-refractivity contribution in [3.05, 3.63) is 65.5 Å². The number of nitrogens with zero attached hydrogens (tertiary/aromatic N) is 3. The number of rotatable bonds is 5. The minimum Gasteiger partial charge on any atom is -0.441 e. The van der Waals surface area contributed by atoms with E-state index in [9.17, 15) is 0 Å². The molecule has 0 bridgehead atoms. The van der Waals surface area contributed by atoms with Gasteiger partial charge in [-0.25, -0.2) is 4.98 Å². The van der Waals surface area contributed by atoms with E-state index in [4.69, 9.17) is 14.7 Å². The monoisotopic (exact) mass is 371 g/mol. The Bertz CT molecular complexity index is 997. The van der Waals surface area contributed by atoms with Crippen molar-refractivity contribution in [2.75, 3.05) is 13.1 Å². The Kier molecular flexibility index (Phi) is 5.27. The fourth-order valence-electron chi connectivity index (χ4n) is 3.93. The zero-order valence-electron chi connectivity index (χ0n) is 16.5. The molecule has 1 saturated heterocycles. The van der Waals surface area contributed by atoms with Gasteiger partial charge in [0.2, 0.25) is 5.89 Å². The minimum atomic E-state index is 0.668. The van der Waals surface area contributed by atoms with Gasteiger partial charge in [-0.05, 0) is 68.6 Å². The van der Waals surface area contributed by atoms with Crippen LogP contribution in [0.1, 0.15) is 36.8 Å². The van der Waals surface area contributed by atoms with E-state index in [0.717, 1.165) is 41.1 Å². The van der Waals surface area contributed by atoms with E-state index in [1.807, 2.05) is 43.3 Å². The molecule has 1 aliphatic rings. The molecule has 2 aromatic carbocycles. The lowest BCUT2D eigenvalue weighted by atomic mass is 10.0. The smallest absolute Gasteiger partial charge is 0.226 e. The van der Waals surface area contributed by atoms with Gasteiger partial charge in [0, 0.05) is 24.6 Å². The van der Waals surface area contributed by atoms with Crippen molar-refractivity contribution in [1.82, 2.24) is 9.88 Å². The fourth-order valence-corrected chi connectivity index (χ4v) is 3.93. The van der Waals surface area contributed by atoms with Crippen molar-refractivity contribution in [3.8, 4) is 28.7 Å². The molecule has 0 spiro atoms. The second-order valence-corrected chi connectivity index (χ2v) is 7.57. The average Bonchev–Trinajstić information content (AvgIpc) is 3.31. The molecule has 3 aromatic rings. The second kappa shape index (κ2) is 8.00. The Morgan fingerprint density at radius 1 is 1.14 bits per heavy atom. The quantitative estimate of drug-likeness (QED) is 0.617. The number of hydrogen-bond acceptors (Lipinski definition) is 4. The number of benzene rings is 2. The molecular formula is C24H25N3O. The first-order chi connectivity index (χ1) is 13.6. The Balaban J connectivity index is 1.49. The number of aryl methyl sites for hydroxylation is 1. The van der Waals surface area contributed by atoms with Gasteiger partial charge < -0.3 is 9.32 Å². The number of likely N-dealkylation sites (tertiary alicyclic amines) is 1. The van der Waals surface area contributed by atoms with Gasteiger partial charge in [0.1, 0.15) is 5.76 Å². The van der Waals surface area contributed by atoms with Crippen LogP contribution in [0.3, 0.4) is 0 Å². The normalized spacial score (nSPS) is 17.0. The molecule has 4 heteroatoms. The maximum absolute atomic E-state index is 9.08. The summed E-state index contributed by atoms with van der Waals surface area (Å²) in [6, 6.07) is 18.7. The highest BCUT2D eigenvalue weighted by molar-refractivity contribution is 5.68. The van der Waals surface area contributed by atoms with Crippen molar-refractivity contribution in [2.24, 2.45) is 0 Å². The van der Waals surface area contributed by atoms with Crippen LogP contribution in [-0.2, 0) is 6.42 Å². The maximum atomic E-state index is 9.08. The number of aromatic nitrogens is 1. The molecule has 1 aliphatic heterocycles. The molecule has 0 radical (unpaired) electrons. The van der Waals surface area contributed by atoms with E-state index >= 15 is 0 Å². The van der Waals surface area contributed by atoms with Crippen molar-refractivity contribution in [1.29, 1.82) is 5.26 Å². The molecule has 142 valence electrons. The lowest BCUT2D eigenvalue weighted by Crippen LogP contribution is -2.29. The third-order valence-corrected chi connectivity index (χ3v) is 5.68. The van der Waals surface area contributed by atoms with Gasteiger partial charge >= 0.3 is 0 Å². The molecule has 4 nitrogen and oxygen atoms in total. The van der Waals surface area contributed by atoms with Gasteiger partial charge in [-0.3, -0.25) is 0 Å². The van der Waals surface area contributed by atoms with Crippen LogP contribution in [0.25, 0.3) is 22.6 Å². The van der Waals surface area contributed by atoms with Crippen molar-refractivity contribution >= 4 is 0 Å². The van der Waals surface area contributed by atoms with Gasteiger partial charge in [-0.2, -0.15) is 5.26 Å². The second-order valence-electron chi connectivity index (χ2n) is 7.57. The van der Waals surface area contributed by atoms with Crippen LogP contribution in [0.15, 0.2) is 52.9 Å². The Morgan fingerprint density at radius 3 is 2.64 bits per heavy atom. The maximum Gasteiger partial charge on any atom is 0.226 e. The highest BCUT2D eigenvalue weighted by Crippen LogP contribution is 2.27. The van der Waals surface area contributed by atoms with E-state index in [-0.39, 0.29) is 0 Å². The number of oxazole rings is 1. The van der Waals surface area contributed by atoms with E-state index < -0.39 is 0 Å². The molecule has 0 saturated carbocycles. The summed E-state index contributed by atoms with van der Waals surface area (Å²) in [6.07, 6.45) is 3.53. The largest absolute Gasteiger partial charge is 0.441 e. The topological polar surface area (TPSA) is 53.1 Å². The van der Waals surface area contributed by atoms with Gasteiger partial charge in [-0.15, -0.1) is 0 Å². The molecule has 0 amide bonds. The van der Waals surface area contributed by atoms with Crippen LogP contribution in [0.5, 0.6) is 0 Å². The van der Waals surface area contributed by atoms with Crippen molar-refractivity contribution < 1.29 is 4.42 Å². The zero-order chi connectivity index (χ0) is 19.5. The van der Waals surface area contributed by atoms with Crippen LogP contribution in [0.2, 0.25) is 0 Å². The van der Waals surface area contributed by atoms with E-state index in [1.165, 1.54) is 19.4 Å². The van der Waals surface area contributed by atoms with Crippen molar-refractivity contribution in [3.63, 3.8) is 0 Å². The summed E-state index contributed by atoms with van der Waals surface area (Å²) in [7, 11) is 0. The lowest BCUT2D eigenvalue weighted by Gasteiger charge is -2.20. The summed E-state index contributed by atoms with van der Waals surface area (Å²) in [6.45, 7) is 6.55. The summed E-state index contributed by atoms with van der Waals surface area (Å²) >= 11 is 0. The molecule has 0 aliphatic carbocycles. The molecule has 4 rings (SSSR count). The van der Waals surface area contributed by atoms with Gasteiger partial charge in [0.25, 0.3) is 0 Å². The molecular weight excluding hydrogens is 346 g/mol. The standard InChI is InChI=1S/C24H25N3O/c1-17-5-4-13-27(17)14-12-23-18(2)28-24(26-23)21-10-8-20(9-11-21)22-7-3-6-19(15-22)16-25/h3,6-11,15,17H,4-5,12-14H2,1-2H3/t17-/m1/s1. The van der Waals surface area contributed by atoms with Crippen LogP contribution in [0, 0.1) is 18.3 Å². The third kappa shape index (κ3) is 3.85. The average molecular weight is 371 g/mol. The number of nitriles is 1. The fraction of sp³-hybridized carbons (Fsp3) is 0.333. The van der Waals surface area contributed by atoms with Crippen LogP contribution in [0.4, 0.5) is 0 Å². The Hall–Kier alpha value is -2.90. The summed E-state index contributed by atoms with van der Waals surface area (Å²) in [5.41, 5.74) is 4.81. The Morgan fingerprint density at radius 2 is 1.93 bits per heavy atom. The first-order valence-corrected chi connectivity index (χ1v) is 9.95. The van der Waals surface area contributed by atoms with E-state index in [2.05, 4.69) is 30.0 Å². The molecule has 0 unspecified atom stereocenters. The summed E-state index contributed by atoms with van der Waals surface area (Å²) in [4.78, 5) is 7.30. The molecule has 1 fully saturated rings. The molecule has 0 N–H and O–H groups in total. The highest BCUT2D eigenvalue weighted by Gasteiger charge is 2.21. The van der Waals surface area contributed by atoms with Crippen LogP contribution in [-0.4, -0.2) is 29.0 Å². The molecule has 28 heavy (non-hydrogen) atoms. The van der Waals surface area contributed by atoms with Gasteiger partial charge in [0.05, 0.1) is 17.3 Å². The predicted molar refractivity (Wildman–Crippen MR) is 111 cm³/mol. The first kappa shape index (κ1) is 18.5. The van der Waals surface area contributed by atoms with Crippen LogP contribution < -0.4 is 0 Å². The molecule has 1 atom stereocenters. The SMILES string of the molecule is Cc1oc(-c2ccc(-c3cccc(C#N)c3)cc2)nc1CCN1CCC[C@H]1C. The number of hydrogen-bond donors (Lipinski definition) is 0. The van der Waals surface area contributed by atoms with E-state index in [0.29, 0.717) is 17.5 Å². The van der Waals surface area contributed by atoms with Gasteiger partial charge in [-0.1, -0.05) is 24.3 Å². The van der Waals surface area contributed by atoms with E-state index in [1.54, 1.807) is 0 Å². The lowest BCUT2D eigenvalue weighted by molar-refractivity contribution is 0.271. The zero-order valence-corrected chi connectivity index (χ0v) is 16.5. The third-order valence-electron chi connectivity index (χ3n) is 5.68. The predicted octanol–water partition coefficient (Wildman–Crippen LogP) is 5.22. The summed E-state index contributed by atoms with van der Waals surface area (Å²) in [5.74, 6) is 1.59. The van der Waals surface area contributed by atoms with Gasteiger partial charge in [0.15, 0.2) is 0 Å².